The molecule has 3 N–H and O–H groups in total. The van der Waals surface area contributed by atoms with Crippen LogP contribution in [0.4, 0.5) is 11.4 Å². The Hall–Kier alpha value is -3.60. The van der Waals surface area contributed by atoms with Crippen molar-refractivity contribution < 1.29 is 9.59 Å². The first kappa shape index (κ1) is 20.7. The zero-order valence-corrected chi connectivity index (χ0v) is 17.7. The number of anilines is 2. The van der Waals surface area contributed by atoms with Gasteiger partial charge in [0, 0.05) is 16.9 Å². The molecule has 0 fully saturated rings. The van der Waals surface area contributed by atoms with Crippen LogP contribution < -0.4 is 16.0 Å². The Bertz CT molecular complexity index is 1080. The first-order chi connectivity index (χ1) is 15.1. The highest BCUT2D eigenvalue weighted by molar-refractivity contribution is 6.05. The number of carbonyl (C=O) groups excluding carboxylic acids is 2. The molecule has 1 atom stereocenters. The fourth-order valence-corrected chi connectivity index (χ4v) is 4.00. The molecule has 0 radical (unpaired) electrons. The number of amides is 2. The van der Waals surface area contributed by atoms with E-state index >= 15 is 0 Å². The maximum absolute atomic E-state index is 12.6. The highest BCUT2D eigenvalue weighted by Gasteiger charge is 2.21. The molecule has 1 unspecified atom stereocenters. The van der Waals surface area contributed by atoms with Crippen LogP contribution in [0.15, 0.2) is 72.8 Å². The predicted molar refractivity (Wildman–Crippen MR) is 124 cm³/mol. The monoisotopic (exact) mass is 413 g/mol. The molecule has 5 nitrogen and oxygen atoms in total. The van der Waals surface area contributed by atoms with Gasteiger partial charge in [-0.25, -0.2) is 0 Å². The van der Waals surface area contributed by atoms with Crippen LogP contribution in [-0.2, 0) is 11.2 Å². The summed E-state index contributed by atoms with van der Waals surface area (Å²) < 4.78 is 0. The molecule has 0 aliphatic heterocycles. The number of hydrogen-bond acceptors (Lipinski definition) is 3. The second kappa shape index (κ2) is 9.47. The number of carbonyl (C=O) groups is 2. The Labute approximate surface area is 182 Å². The predicted octanol–water partition coefficient (Wildman–Crippen LogP) is 4.85. The van der Waals surface area contributed by atoms with E-state index in [1.807, 2.05) is 55.5 Å². The quantitative estimate of drug-likeness (QED) is 0.541. The van der Waals surface area contributed by atoms with Crippen LogP contribution >= 0.6 is 0 Å². The van der Waals surface area contributed by atoms with Gasteiger partial charge in [-0.1, -0.05) is 48.5 Å². The lowest BCUT2D eigenvalue weighted by molar-refractivity contribution is -0.120. The van der Waals surface area contributed by atoms with Crippen molar-refractivity contribution in [3.05, 3.63) is 95.1 Å². The standard InChI is InChI=1S/C26H27N3O2/c1-18-14-15-20(26(31)28-21-10-3-2-4-11-21)16-24(18)27-17-25(30)29-23-13-7-9-19-8-5-6-12-22(19)23/h2-6,8,10-12,14-16,23,27H,7,9,13,17H2,1H3,(H,28,31)(H,29,30). The Balaban J connectivity index is 1.38. The van der Waals surface area contributed by atoms with E-state index < -0.39 is 0 Å². The molecule has 4 rings (SSSR count). The van der Waals surface area contributed by atoms with Crippen LogP contribution in [0.5, 0.6) is 0 Å². The fraction of sp³-hybridized carbons (Fsp3) is 0.231. The van der Waals surface area contributed by atoms with E-state index in [2.05, 4.69) is 28.1 Å². The molecule has 31 heavy (non-hydrogen) atoms. The third kappa shape index (κ3) is 5.12. The summed E-state index contributed by atoms with van der Waals surface area (Å²) in [5.74, 6) is -0.238. The van der Waals surface area contributed by atoms with E-state index in [1.54, 1.807) is 12.1 Å². The van der Waals surface area contributed by atoms with Gasteiger partial charge in [-0.3, -0.25) is 9.59 Å². The minimum Gasteiger partial charge on any atom is -0.376 e. The summed E-state index contributed by atoms with van der Waals surface area (Å²) in [7, 11) is 0. The fourth-order valence-electron chi connectivity index (χ4n) is 4.00. The molecule has 1 aliphatic carbocycles. The van der Waals surface area contributed by atoms with Crippen molar-refractivity contribution in [1.82, 2.24) is 5.32 Å². The highest BCUT2D eigenvalue weighted by atomic mass is 16.2. The van der Waals surface area contributed by atoms with Gasteiger partial charge in [-0.2, -0.15) is 0 Å². The van der Waals surface area contributed by atoms with Gasteiger partial charge < -0.3 is 16.0 Å². The second-order valence-corrected chi connectivity index (χ2v) is 7.91. The van der Waals surface area contributed by atoms with Crippen LogP contribution in [-0.4, -0.2) is 18.4 Å². The summed E-state index contributed by atoms with van der Waals surface area (Å²) in [5, 5.41) is 9.23. The summed E-state index contributed by atoms with van der Waals surface area (Å²) in [6.07, 6.45) is 3.10. The smallest absolute Gasteiger partial charge is 0.255 e. The Kier molecular flexibility index (Phi) is 6.32. The van der Waals surface area contributed by atoms with E-state index in [1.165, 1.54) is 11.1 Å². The molecule has 0 saturated carbocycles. The maximum Gasteiger partial charge on any atom is 0.255 e. The number of para-hydroxylation sites is 1. The summed E-state index contributed by atoms with van der Waals surface area (Å²) in [5.41, 5.74) is 5.58. The van der Waals surface area contributed by atoms with Crippen molar-refractivity contribution in [3.63, 3.8) is 0 Å². The van der Waals surface area contributed by atoms with Gasteiger partial charge in [0.1, 0.15) is 0 Å². The van der Waals surface area contributed by atoms with Gasteiger partial charge in [0.15, 0.2) is 0 Å². The molecule has 0 aromatic heterocycles. The van der Waals surface area contributed by atoms with Crippen LogP contribution in [0, 0.1) is 6.92 Å². The number of rotatable bonds is 6. The Morgan fingerprint density at radius 1 is 0.968 bits per heavy atom. The Morgan fingerprint density at radius 2 is 1.74 bits per heavy atom. The van der Waals surface area contributed by atoms with Crippen LogP contribution in [0.25, 0.3) is 0 Å². The summed E-state index contributed by atoms with van der Waals surface area (Å²) in [6, 6.07) is 23.2. The molecule has 0 bridgehead atoms. The van der Waals surface area contributed by atoms with Crippen LogP contribution in [0.1, 0.15) is 45.9 Å². The van der Waals surface area contributed by atoms with Gasteiger partial charge in [0.2, 0.25) is 5.91 Å². The van der Waals surface area contributed by atoms with E-state index in [9.17, 15) is 9.59 Å². The maximum atomic E-state index is 12.6. The molecule has 3 aromatic rings. The molecular formula is C26H27N3O2. The van der Waals surface area contributed by atoms with Crippen molar-refractivity contribution in [2.75, 3.05) is 17.2 Å². The summed E-state index contributed by atoms with van der Waals surface area (Å²) in [6.45, 7) is 2.11. The lowest BCUT2D eigenvalue weighted by Crippen LogP contribution is -2.35. The average Bonchev–Trinajstić information content (AvgIpc) is 2.79. The third-order valence-corrected chi connectivity index (χ3v) is 5.68. The van der Waals surface area contributed by atoms with E-state index in [-0.39, 0.29) is 24.4 Å². The third-order valence-electron chi connectivity index (χ3n) is 5.68. The highest BCUT2D eigenvalue weighted by Crippen LogP contribution is 2.29. The molecule has 0 saturated heterocycles. The number of fused-ring (bicyclic) bond motifs is 1. The van der Waals surface area contributed by atoms with Gasteiger partial charge >= 0.3 is 0 Å². The molecule has 158 valence electrons. The molecule has 2 amide bonds. The topological polar surface area (TPSA) is 70.2 Å². The van der Waals surface area contributed by atoms with Gasteiger partial charge in [-0.05, 0) is 67.1 Å². The van der Waals surface area contributed by atoms with E-state index in [4.69, 9.17) is 0 Å². The van der Waals surface area contributed by atoms with E-state index in [0.29, 0.717) is 5.56 Å². The van der Waals surface area contributed by atoms with Crippen molar-refractivity contribution >= 4 is 23.2 Å². The number of hydrogen-bond donors (Lipinski definition) is 3. The first-order valence-corrected chi connectivity index (χ1v) is 10.7. The molecule has 1 aliphatic rings. The number of benzene rings is 3. The van der Waals surface area contributed by atoms with Crippen LogP contribution in [0.2, 0.25) is 0 Å². The van der Waals surface area contributed by atoms with Crippen molar-refractivity contribution in [1.29, 1.82) is 0 Å². The molecule has 3 aromatic carbocycles. The zero-order chi connectivity index (χ0) is 21.6. The average molecular weight is 414 g/mol. The molecule has 0 spiro atoms. The van der Waals surface area contributed by atoms with Gasteiger partial charge in [0.05, 0.1) is 12.6 Å². The van der Waals surface area contributed by atoms with E-state index in [0.717, 1.165) is 36.2 Å². The summed E-state index contributed by atoms with van der Waals surface area (Å²) >= 11 is 0. The number of aryl methyl sites for hydroxylation is 2. The normalized spacial score (nSPS) is 14.9. The second-order valence-electron chi connectivity index (χ2n) is 7.91. The summed E-state index contributed by atoms with van der Waals surface area (Å²) in [4.78, 5) is 25.2. The molecular weight excluding hydrogens is 386 g/mol. The van der Waals surface area contributed by atoms with Gasteiger partial charge in [0.25, 0.3) is 5.91 Å². The SMILES string of the molecule is Cc1ccc(C(=O)Nc2ccccc2)cc1NCC(=O)NC1CCCc2ccccc21. The lowest BCUT2D eigenvalue weighted by atomic mass is 9.88. The zero-order valence-electron chi connectivity index (χ0n) is 17.7. The largest absolute Gasteiger partial charge is 0.376 e. The minimum absolute atomic E-state index is 0.0553. The molecule has 5 heteroatoms. The minimum atomic E-state index is -0.183. The van der Waals surface area contributed by atoms with Gasteiger partial charge in [-0.15, -0.1) is 0 Å². The number of nitrogens with one attached hydrogen (secondary N) is 3. The van der Waals surface area contributed by atoms with Crippen LogP contribution in [0.3, 0.4) is 0 Å². The molecule has 0 heterocycles. The Morgan fingerprint density at radius 3 is 2.58 bits per heavy atom. The van der Waals surface area contributed by atoms with Crippen molar-refractivity contribution in [2.24, 2.45) is 0 Å². The van der Waals surface area contributed by atoms with Crippen molar-refractivity contribution in [2.45, 2.75) is 32.2 Å². The lowest BCUT2D eigenvalue weighted by Gasteiger charge is -2.26. The van der Waals surface area contributed by atoms with Crippen molar-refractivity contribution in [3.8, 4) is 0 Å². The first-order valence-electron chi connectivity index (χ1n) is 10.7.